The number of carbonyl (C=O) groups is 1. The summed E-state index contributed by atoms with van der Waals surface area (Å²) < 4.78 is 5.40. The van der Waals surface area contributed by atoms with Crippen LogP contribution in [0.5, 0.6) is 0 Å². The van der Waals surface area contributed by atoms with Crippen molar-refractivity contribution in [3.63, 3.8) is 0 Å². The second-order valence-corrected chi connectivity index (χ2v) is 4.49. The summed E-state index contributed by atoms with van der Waals surface area (Å²) in [6, 6.07) is 10.2. The number of nitrogens with zero attached hydrogens (tertiary/aromatic N) is 1. The van der Waals surface area contributed by atoms with E-state index in [1.807, 2.05) is 19.1 Å². The Balaban J connectivity index is 2.05. The minimum atomic E-state index is -0.292. The van der Waals surface area contributed by atoms with E-state index in [2.05, 4.69) is 10.5 Å². The highest BCUT2D eigenvalue weighted by Gasteiger charge is 2.06. The minimum absolute atomic E-state index is 0.292. The maximum atomic E-state index is 11.8. The van der Waals surface area contributed by atoms with Crippen molar-refractivity contribution in [3.05, 3.63) is 58.5 Å². The molecule has 1 aromatic carbocycles. The highest BCUT2D eigenvalue weighted by molar-refractivity contribution is 6.30. The van der Waals surface area contributed by atoms with Gasteiger partial charge in [0, 0.05) is 10.6 Å². The summed E-state index contributed by atoms with van der Waals surface area (Å²) in [5.41, 5.74) is 3.58. The first kappa shape index (κ1) is 13.4. The van der Waals surface area contributed by atoms with Gasteiger partial charge in [0.05, 0.1) is 0 Å². The van der Waals surface area contributed by atoms with Gasteiger partial charge in [-0.15, -0.1) is 0 Å². The van der Waals surface area contributed by atoms with Crippen LogP contribution >= 0.6 is 11.6 Å². The zero-order valence-electron chi connectivity index (χ0n) is 10.6. The molecular formula is C14H13ClN2O2. The van der Waals surface area contributed by atoms with Crippen molar-refractivity contribution in [2.45, 2.75) is 13.8 Å². The van der Waals surface area contributed by atoms with Gasteiger partial charge in [0.2, 0.25) is 0 Å². The number of nitrogens with one attached hydrogen (secondary N) is 1. The van der Waals surface area contributed by atoms with Gasteiger partial charge in [-0.25, -0.2) is 5.43 Å². The lowest BCUT2D eigenvalue weighted by Gasteiger charge is -2.01. The fourth-order valence-corrected chi connectivity index (χ4v) is 1.61. The first-order valence-corrected chi connectivity index (χ1v) is 6.11. The van der Waals surface area contributed by atoms with Gasteiger partial charge in [0.15, 0.2) is 0 Å². The van der Waals surface area contributed by atoms with Crippen molar-refractivity contribution < 1.29 is 9.21 Å². The topological polar surface area (TPSA) is 54.6 Å². The number of halogens is 1. The maximum absolute atomic E-state index is 11.8. The molecule has 1 aromatic heterocycles. The molecule has 0 saturated heterocycles. The highest BCUT2D eigenvalue weighted by atomic mass is 35.5. The van der Waals surface area contributed by atoms with Crippen molar-refractivity contribution in [2.24, 2.45) is 5.10 Å². The predicted molar refractivity (Wildman–Crippen MR) is 74.6 cm³/mol. The highest BCUT2D eigenvalue weighted by Crippen LogP contribution is 2.10. The predicted octanol–water partition coefficient (Wildman–Crippen LogP) is 3.40. The molecule has 0 radical (unpaired) electrons. The molecule has 0 aliphatic heterocycles. The van der Waals surface area contributed by atoms with Crippen LogP contribution in [0.15, 0.2) is 45.9 Å². The third kappa shape index (κ3) is 3.45. The number of hydrazone groups is 1. The van der Waals surface area contributed by atoms with Crippen LogP contribution in [-0.2, 0) is 0 Å². The summed E-state index contributed by atoms with van der Waals surface area (Å²) in [5, 5.41) is 4.58. The van der Waals surface area contributed by atoms with Gasteiger partial charge in [-0.3, -0.25) is 4.79 Å². The molecule has 4 nitrogen and oxygen atoms in total. The molecular weight excluding hydrogens is 264 g/mol. The monoisotopic (exact) mass is 276 g/mol. The molecule has 98 valence electrons. The largest absolute Gasteiger partial charge is 0.460 e. The number of hydrogen-bond donors (Lipinski definition) is 1. The molecule has 5 heteroatoms. The second kappa shape index (κ2) is 5.71. The molecule has 0 aliphatic carbocycles. The number of carbonyl (C=O) groups excluding carboxylic acids is 1. The van der Waals surface area contributed by atoms with Crippen LogP contribution in [0.4, 0.5) is 0 Å². The Morgan fingerprint density at radius 1 is 1.21 bits per heavy atom. The van der Waals surface area contributed by atoms with Gasteiger partial charge in [-0.2, -0.15) is 5.10 Å². The number of furan rings is 1. The summed E-state index contributed by atoms with van der Waals surface area (Å²) in [6.07, 6.45) is 0. The Kier molecular flexibility index (Phi) is 4.02. The van der Waals surface area contributed by atoms with E-state index in [0.29, 0.717) is 22.1 Å². The number of benzene rings is 1. The smallest absolute Gasteiger partial charge is 0.271 e. The van der Waals surface area contributed by atoms with E-state index >= 15 is 0 Å². The number of amides is 1. The molecule has 1 amide bonds. The van der Waals surface area contributed by atoms with Crippen molar-refractivity contribution in [3.8, 4) is 0 Å². The van der Waals surface area contributed by atoms with Crippen molar-refractivity contribution in [2.75, 3.05) is 0 Å². The molecule has 19 heavy (non-hydrogen) atoms. The average molecular weight is 277 g/mol. The van der Waals surface area contributed by atoms with E-state index in [-0.39, 0.29) is 5.91 Å². The van der Waals surface area contributed by atoms with E-state index in [4.69, 9.17) is 16.0 Å². The Hall–Kier alpha value is -2.07. The van der Waals surface area contributed by atoms with Crippen LogP contribution < -0.4 is 5.43 Å². The third-order valence-corrected chi connectivity index (χ3v) is 2.78. The molecule has 0 spiro atoms. The van der Waals surface area contributed by atoms with Gasteiger partial charge in [0.1, 0.15) is 17.2 Å². The van der Waals surface area contributed by atoms with Gasteiger partial charge in [0.25, 0.3) is 5.91 Å². The van der Waals surface area contributed by atoms with E-state index < -0.39 is 0 Å². The standard InChI is InChI=1S/C14H13ClN2O2/c1-9-3-8-13(19-9)10(2)16-17-14(18)11-4-6-12(15)7-5-11/h3-8H,1-2H3,(H,17,18)/b16-10-. The molecule has 1 heterocycles. The Morgan fingerprint density at radius 3 is 2.47 bits per heavy atom. The third-order valence-electron chi connectivity index (χ3n) is 2.53. The molecule has 0 saturated carbocycles. The maximum Gasteiger partial charge on any atom is 0.271 e. The lowest BCUT2D eigenvalue weighted by Crippen LogP contribution is -2.19. The second-order valence-electron chi connectivity index (χ2n) is 4.06. The normalized spacial score (nSPS) is 11.4. The van der Waals surface area contributed by atoms with Gasteiger partial charge in [-0.1, -0.05) is 11.6 Å². The SMILES string of the molecule is C/C(=N/NC(=O)c1ccc(Cl)cc1)c1ccc(C)o1. The fraction of sp³-hybridized carbons (Fsp3) is 0.143. The van der Waals surface area contributed by atoms with Gasteiger partial charge in [-0.05, 0) is 50.2 Å². The molecule has 0 atom stereocenters. The molecule has 0 fully saturated rings. The van der Waals surface area contributed by atoms with E-state index in [1.165, 1.54) is 0 Å². The molecule has 0 aliphatic rings. The molecule has 2 rings (SSSR count). The van der Waals surface area contributed by atoms with Crippen LogP contribution in [0.2, 0.25) is 5.02 Å². The Morgan fingerprint density at radius 2 is 1.89 bits per heavy atom. The number of aryl methyl sites for hydroxylation is 1. The van der Waals surface area contributed by atoms with Crippen molar-refractivity contribution >= 4 is 23.2 Å². The van der Waals surface area contributed by atoms with Gasteiger partial charge < -0.3 is 4.42 Å². The van der Waals surface area contributed by atoms with E-state index in [0.717, 1.165) is 5.76 Å². The average Bonchev–Trinajstić information content (AvgIpc) is 2.83. The van der Waals surface area contributed by atoms with Gasteiger partial charge >= 0.3 is 0 Å². The molecule has 1 N–H and O–H groups in total. The lowest BCUT2D eigenvalue weighted by molar-refractivity contribution is 0.0955. The molecule has 0 bridgehead atoms. The fourth-order valence-electron chi connectivity index (χ4n) is 1.48. The van der Waals surface area contributed by atoms with Crippen LogP contribution in [-0.4, -0.2) is 11.6 Å². The number of hydrogen-bond acceptors (Lipinski definition) is 3. The van der Waals surface area contributed by atoms with Crippen molar-refractivity contribution in [1.29, 1.82) is 0 Å². The first-order valence-electron chi connectivity index (χ1n) is 5.73. The summed E-state index contributed by atoms with van der Waals surface area (Å²) in [7, 11) is 0. The van der Waals surface area contributed by atoms with E-state index in [1.54, 1.807) is 31.2 Å². The summed E-state index contributed by atoms with van der Waals surface area (Å²) in [6.45, 7) is 3.61. The van der Waals surface area contributed by atoms with Crippen LogP contribution in [0.1, 0.15) is 28.8 Å². The zero-order valence-corrected chi connectivity index (χ0v) is 11.4. The summed E-state index contributed by atoms with van der Waals surface area (Å²) >= 11 is 5.75. The Labute approximate surface area is 116 Å². The Bertz CT molecular complexity index is 615. The molecule has 0 unspecified atom stereocenters. The first-order chi connectivity index (χ1) is 9.06. The molecule has 2 aromatic rings. The van der Waals surface area contributed by atoms with E-state index in [9.17, 15) is 4.79 Å². The lowest BCUT2D eigenvalue weighted by atomic mass is 10.2. The van der Waals surface area contributed by atoms with Crippen LogP contribution in [0, 0.1) is 6.92 Å². The van der Waals surface area contributed by atoms with Crippen LogP contribution in [0.25, 0.3) is 0 Å². The van der Waals surface area contributed by atoms with Crippen LogP contribution in [0.3, 0.4) is 0 Å². The number of rotatable bonds is 3. The summed E-state index contributed by atoms with van der Waals surface area (Å²) in [5.74, 6) is 1.14. The van der Waals surface area contributed by atoms with Crippen molar-refractivity contribution in [1.82, 2.24) is 5.43 Å². The summed E-state index contributed by atoms with van der Waals surface area (Å²) in [4.78, 5) is 11.8. The quantitative estimate of drug-likeness (QED) is 0.690. The zero-order chi connectivity index (χ0) is 13.8. The minimum Gasteiger partial charge on any atom is -0.460 e.